The van der Waals surface area contributed by atoms with Crippen molar-refractivity contribution >= 4 is 52.2 Å². The average molecular weight is 605 g/mol. The smallest absolute Gasteiger partial charge is 0.338 e. The Hall–Kier alpha value is -4.01. The first-order valence-corrected chi connectivity index (χ1v) is 14.9. The number of carbonyl (C=O) groups is 2. The van der Waals surface area contributed by atoms with Crippen LogP contribution in [0.3, 0.4) is 0 Å². The molecule has 0 spiro atoms. The molecule has 1 amide bonds. The van der Waals surface area contributed by atoms with Crippen molar-refractivity contribution in [2.45, 2.75) is 33.8 Å². The van der Waals surface area contributed by atoms with Crippen molar-refractivity contribution in [3.8, 4) is 11.5 Å². The van der Waals surface area contributed by atoms with Gasteiger partial charge < -0.3 is 14.2 Å². The number of hydrogen-bond acceptors (Lipinski definition) is 7. The number of benzene rings is 3. The third kappa shape index (κ3) is 7.43. The monoisotopic (exact) mass is 604 g/mol. The van der Waals surface area contributed by atoms with Crippen LogP contribution in [0.4, 0.5) is 5.69 Å². The molecule has 4 rings (SSSR count). The third-order valence-electron chi connectivity index (χ3n) is 6.23. The summed E-state index contributed by atoms with van der Waals surface area (Å²) in [4.78, 5) is 32.4. The van der Waals surface area contributed by atoms with Crippen molar-refractivity contribution in [2.24, 2.45) is 4.99 Å². The number of carbonyl (C=O) groups excluding carboxylic acids is 2. The van der Waals surface area contributed by atoms with Crippen LogP contribution in [0, 0.1) is 0 Å². The van der Waals surface area contributed by atoms with Gasteiger partial charge in [-0.2, -0.15) is 0 Å². The second kappa shape index (κ2) is 14.8. The summed E-state index contributed by atoms with van der Waals surface area (Å²) in [6, 6.07) is 18.2. The Bertz CT molecular complexity index is 1530. The molecule has 1 saturated heterocycles. The van der Waals surface area contributed by atoms with Crippen LogP contribution in [0.25, 0.3) is 6.08 Å². The standard InChI is InChI=1S/C33H33ClN2O5S/c1-5-12-23-17-22(18-28(39-7-3)30(23)41-21-25-13-9-10-16-27(25)34)19-29-31(37)36(6-2)33(42-29)35-26-15-11-14-24(20-26)32(38)40-8-4/h5,9-11,13-20H,1,6-8,12,21H2,2-4H3. The number of likely N-dealkylation sites (N-methyl/N-ethyl adjacent to an activating group) is 1. The lowest BCUT2D eigenvalue weighted by atomic mass is 10.0. The fourth-order valence-corrected chi connectivity index (χ4v) is 5.57. The zero-order valence-electron chi connectivity index (χ0n) is 23.9. The van der Waals surface area contributed by atoms with E-state index in [1.54, 1.807) is 42.2 Å². The second-order valence-corrected chi connectivity index (χ2v) is 10.6. The van der Waals surface area contributed by atoms with Crippen LogP contribution in [-0.2, 0) is 22.6 Å². The maximum atomic E-state index is 13.4. The van der Waals surface area contributed by atoms with Crippen LogP contribution in [0.1, 0.15) is 47.8 Å². The minimum atomic E-state index is -0.414. The summed E-state index contributed by atoms with van der Waals surface area (Å²) in [5.74, 6) is 0.624. The van der Waals surface area contributed by atoms with Gasteiger partial charge in [-0.1, -0.05) is 41.9 Å². The van der Waals surface area contributed by atoms with E-state index in [-0.39, 0.29) is 19.1 Å². The fourth-order valence-electron chi connectivity index (χ4n) is 4.31. The highest BCUT2D eigenvalue weighted by Gasteiger charge is 2.32. The third-order valence-corrected chi connectivity index (χ3v) is 7.61. The molecule has 0 aromatic heterocycles. The van der Waals surface area contributed by atoms with Crippen LogP contribution in [0.15, 0.2) is 83.2 Å². The molecule has 9 heteroatoms. The van der Waals surface area contributed by atoms with E-state index < -0.39 is 5.97 Å². The Morgan fingerprint density at radius 3 is 2.55 bits per heavy atom. The van der Waals surface area contributed by atoms with Gasteiger partial charge >= 0.3 is 5.97 Å². The molecular weight excluding hydrogens is 572 g/mol. The quantitative estimate of drug-likeness (QED) is 0.119. The Kier molecular flexibility index (Phi) is 10.9. The molecule has 7 nitrogen and oxygen atoms in total. The Morgan fingerprint density at radius 1 is 1.02 bits per heavy atom. The number of ether oxygens (including phenoxy) is 3. The largest absolute Gasteiger partial charge is 0.490 e. The van der Waals surface area contributed by atoms with Crippen LogP contribution < -0.4 is 9.47 Å². The van der Waals surface area contributed by atoms with Gasteiger partial charge in [-0.15, -0.1) is 6.58 Å². The average Bonchev–Trinajstić information content (AvgIpc) is 3.27. The van der Waals surface area contributed by atoms with Crippen molar-refractivity contribution in [1.29, 1.82) is 0 Å². The first kappa shape index (κ1) is 30.9. The predicted octanol–water partition coefficient (Wildman–Crippen LogP) is 7.85. The molecule has 1 heterocycles. The topological polar surface area (TPSA) is 77.4 Å². The number of amidine groups is 1. The summed E-state index contributed by atoms with van der Waals surface area (Å²) in [6.07, 6.45) is 4.18. The number of hydrogen-bond donors (Lipinski definition) is 0. The zero-order chi connectivity index (χ0) is 30.1. The van der Waals surface area contributed by atoms with Crippen LogP contribution in [0.5, 0.6) is 11.5 Å². The van der Waals surface area contributed by atoms with E-state index in [0.29, 0.717) is 57.4 Å². The van der Waals surface area contributed by atoms with E-state index in [0.717, 1.165) is 16.7 Å². The molecule has 1 aliphatic rings. The molecule has 3 aromatic carbocycles. The summed E-state index contributed by atoms with van der Waals surface area (Å²) < 4.78 is 17.3. The summed E-state index contributed by atoms with van der Waals surface area (Å²) in [6.45, 7) is 10.9. The maximum Gasteiger partial charge on any atom is 0.338 e. The lowest BCUT2D eigenvalue weighted by Gasteiger charge is -2.17. The van der Waals surface area contributed by atoms with Gasteiger partial charge in [-0.25, -0.2) is 9.79 Å². The first-order valence-electron chi connectivity index (χ1n) is 13.7. The van der Waals surface area contributed by atoms with E-state index in [4.69, 9.17) is 30.8 Å². The molecule has 0 unspecified atom stereocenters. The van der Waals surface area contributed by atoms with Gasteiger partial charge in [0.2, 0.25) is 0 Å². The van der Waals surface area contributed by atoms with E-state index in [1.165, 1.54) is 11.8 Å². The number of esters is 1. The Balaban J connectivity index is 1.66. The van der Waals surface area contributed by atoms with Crippen molar-refractivity contribution in [2.75, 3.05) is 19.8 Å². The number of thioether (sulfide) groups is 1. The SMILES string of the molecule is C=CCc1cc(C=C2SC(=Nc3cccc(C(=O)OCC)c3)N(CC)C2=O)cc(OCC)c1OCc1ccccc1Cl. The van der Waals surface area contributed by atoms with Gasteiger partial charge in [0.05, 0.1) is 29.4 Å². The molecule has 0 aliphatic carbocycles. The van der Waals surface area contributed by atoms with Gasteiger partial charge in [0, 0.05) is 22.7 Å². The first-order chi connectivity index (χ1) is 20.4. The highest BCUT2D eigenvalue weighted by molar-refractivity contribution is 8.18. The van der Waals surface area contributed by atoms with Crippen LogP contribution in [0.2, 0.25) is 5.02 Å². The van der Waals surface area contributed by atoms with E-state index in [1.807, 2.05) is 56.3 Å². The molecule has 42 heavy (non-hydrogen) atoms. The van der Waals surface area contributed by atoms with E-state index >= 15 is 0 Å². The van der Waals surface area contributed by atoms with Gasteiger partial charge in [0.15, 0.2) is 16.7 Å². The maximum absolute atomic E-state index is 13.4. The number of allylic oxidation sites excluding steroid dienone is 1. The van der Waals surface area contributed by atoms with Crippen molar-refractivity contribution < 1.29 is 23.8 Å². The highest BCUT2D eigenvalue weighted by atomic mass is 35.5. The summed E-state index contributed by atoms with van der Waals surface area (Å²) in [5, 5.41) is 1.16. The highest BCUT2D eigenvalue weighted by Crippen LogP contribution is 2.38. The predicted molar refractivity (Wildman–Crippen MR) is 170 cm³/mol. The molecule has 0 saturated carbocycles. The van der Waals surface area contributed by atoms with Gasteiger partial charge in [-0.05, 0) is 87.0 Å². The molecular formula is C33H33ClN2O5S. The van der Waals surface area contributed by atoms with Crippen molar-refractivity contribution in [1.82, 2.24) is 4.90 Å². The van der Waals surface area contributed by atoms with Gasteiger partial charge in [0.25, 0.3) is 5.91 Å². The summed E-state index contributed by atoms with van der Waals surface area (Å²) in [5.41, 5.74) is 3.49. The molecule has 3 aromatic rings. The van der Waals surface area contributed by atoms with Crippen LogP contribution >= 0.6 is 23.4 Å². The van der Waals surface area contributed by atoms with Crippen molar-refractivity contribution in [3.63, 3.8) is 0 Å². The number of rotatable bonds is 12. The van der Waals surface area contributed by atoms with E-state index in [2.05, 4.69) is 6.58 Å². The Labute approximate surface area is 255 Å². The second-order valence-electron chi connectivity index (χ2n) is 9.14. The number of nitrogens with zero attached hydrogens (tertiary/aromatic N) is 2. The summed E-state index contributed by atoms with van der Waals surface area (Å²) in [7, 11) is 0. The minimum absolute atomic E-state index is 0.148. The molecule has 1 aliphatic heterocycles. The van der Waals surface area contributed by atoms with Gasteiger partial charge in [-0.3, -0.25) is 9.69 Å². The summed E-state index contributed by atoms with van der Waals surface area (Å²) >= 11 is 7.63. The Morgan fingerprint density at radius 2 is 1.83 bits per heavy atom. The van der Waals surface area contributed by atoms with Gasteiger partial charge in [0.1, 0.15) is 6.61 Å². The molecule has 218 valence electrons. The fraction of sp³-hybridized carbons (Fsp3) is 0.242. The lowest BCUT2D eigenvalue weighted by molar-refractivity contribution is -0.122. The lowest BCUT2D eigenvalue weighted by Crippen LogP contribution is -2.28. The van der Waals surface area contributed by atoms with E-state index in [9.17, 15) is 9.59 Å². The van der Waals surface area contributed by atoms with Crippen molar-refractivity contribution in [3.05, 3.63) is 106 Å². The number of amides is 1. The normalized spacial score (nSPS) is 14.9. The molecule has 0 N–H and O–H groups in total. The minimum Gasteiger partial charge on any atom is -0.490 e. The molecule has 1 fully saturated rings. The number of halogens is 1. The zero-order valence-corrected chi connectivity index (χ0v) is 25.5. The number of aliphatic imine (C=N–C) groups is 1. The molecule has 0 bridgehead atoms. The molecule has 0 atom stereocenters. The molecule has 0 radical (unpaired) electrons. The van der Waals surface area contributed by atoms with Crippen LogP contribution in [-0.4, -0.2) is 41.7 Å².